The number of carbonyl (C=O) groups excluding carboxylic acids is 1. The number of aromatic amines is 1. The lowest BCUT2D eigenvalue weighted by Crippen LogP contribution is -2.05. The van der Waals surface area contributed by atoms with Gasteiger partial charge in [0, 0.05) is 30.6 Å². The zero-order valence-corrected chi connectivity index (χ0v) is 18.9. The summed E-state index contributed by atoms with van der Waals surface area (Å²) in [6, 6.07) is 8.93. The monoisotopic (exact) mass is 466 g/mol. The maximum absolute atomic E-state index is 11.2. The normalized spacial score (nSPS) is 11.3. The van der Waals surface area contributed by atoms with E-state index in [1.165, 1.54) is 16.2 Å². The van der Waals surface area contributed by atoms with Gasteiger partial charge in [-0.3, -0.25) is 4.79 Å². The molecule has 0 spiro atoms. The van der Waals surface area contributed by atoms with E-state index in [-0.39, 0.29) is 23.4 Å². The SMILES string of the molecule is [C-]#[N+]c1c(C)nn(-c2ncccn2)c1/N=N/c1c(C)nn2nc(-c3ccc(NC(C)=O)cc3)[nH]c12. The highest BCUT2D eigenvalue weighted by atomic mass is 16.1. The first kappa shape index (κ1) is 21.6. The van der Waals surface area contributed by atoms with Crippen LogP contribution in [-0.4, -0.2) is 45.5 Å². The molecule has 0 saturated heterocycles. The average Bonchev–Trinajstić information content (AvgIpc) is 3.48. The molecular weight excluding hydrogens is 448 g/mol. The number of hydrogen-bond acceptors (Lipinski definition) is 8. The van der Waals surface area contributed by atoms with Gasteiger partial charge in [-0.25, -0.2) is 14.8 Å². The van der Waals surface area contributed by atoms with Gasteiger partial charge in [0.2, 0.25) is 5.91 Å². The summed E-state index contributed by atoms with van der Waals surface area (Å²) in [5.41, 5.74) is 3.84. The van der Waals surface area contributed by atoms with Crippen molar-refractivity contribution in [1.82, 2.24) is 39.6 Å². The van der Waals surface area contributed by atoms with Crippen LogP contribution in [0.4, 0.5) is 22.9 Å². The Morgan fingerprint density at radius 3 is 2.49 bits per heavy atom. The lowest BCUT2D eigenvalue weighted by atomic mass is 10.2. The first-order chi connectivity index (χ1) is 16.9. The second kappa shape index (κ2) is 8.60. The summed E-state index contributed by atoms with van der Waals surface area (Å²) in [5.74, 6) is 0.925. The molecular formula is C22H18N12O. The molecule has 2 N–H and O–H groups in total. The number of aryl methyl sites for hydroxylation is 2. The number of rotatable bonds is 5. The zero-order chi connectivity index (χ0) is 24.5. The van der Waals surface area contributed by atoms with Gasteiger partial charge < -0.3 is 10.3 Å². The lowest BCUT2D eigenvalue weighted by Gasteiger charge is -2.02. The van der Waals surface area contributed by atoms with Crippen molar-refractivity contribution in [3.05, 3.63) is 65.5 Å². The van der Waals surface area contributed by atoms with E-state index in [0.29, 0.717) is 34.2 Å². The molecule has 5 rings (SSSR count). The van der Waals surface area contributed by atoms with E-state index in [9.17, 15) is 4.79 Å². The summed E-state index contributed by atoms with van der Waals surface area (Å²) in [4.78, 5) is 26.4. The van der Waals surface area contributed by atoms with E-state index < -0.39 is 0 Å². The average molecular weight is 466 g/mol. The number of H-pyrrole nitrogens is 1. The van der Waals surface area contributed by atoms with Gasteiger partial charge in [-0.15, -0.1) is 20.0 Å². The molecule has 0 saturated carbocycles. The molecule has 1 amide bonds. The van der Waals surface area contributed by atoms with E-state index in [1.807, 2.05) is 12.1 Å². The van der Waals surface area contributed by atoms with Crippen LogP contribution in [0.1, 0.15) is 18.3 Å². The van der Waals surface area contributed by atoms with Crippen LogP contribution in [0.5, 0.6) is 0 Å². The highest BCUT2D eigenvalue weighted by Gasteiger charge is 2.20. The van der Waals surface area contributed by atoms with Gasteiger partial charge in [0.05, 0.1) is 18.0 Å². The van der Waals surface area contributed by atoms with Gasteiger partial charge in [0.25, 0.3) is 11.6 Å². The fraction of sp³-hybridized carbons (Fsp3) is 0.136. The molecule has 0 atom stereocenters. The Labute approximate surface area is 198 Å². The number of nitrogens with one attached hydrogen (secondary N) is 2. The van der Waals surface area contributed by atoms with Crippen molar-refractivity contribution in [2.24, 2.45) is 10.2 Å². The molecule has 0 radical (unpaired) electrons. The molecule has 0 aliphatic rings. The molecule has 13 nitrogen and oxygen atoms in total. The van der Waals surface area contributed by atoms with Crippen LogP contribution < -0.4 is 5.32 Å². The summed E-state index contributed by atoms with van der Waals surface area (Å²) in [6.45, 7) is 12.5. The van der Waals surface area contributed by atoms with E-state index in [1.54, 1.807) is 44.4 Å². The van der Waals surface area contributed by atoms with Crippen LogP contribution in [0, 0.1) is 20.4 Å². The van der Waals surface area contributed by atoms with E-state index >= 15 is 0 Å². The lowest BCUT2D eigenvalue weighted by molar-refractivity contribution is -0.114. The molecule has 0 unspecified atom stereocenters. The quantitative estimate of drug-likeness (QED) is 0.292. The Hall–Kier alpha value is -5.25. The Morgan fingerprint density at radius 2 is 1.80 bits per heavy atom. The van der Waals surface area contributed by atoms with Crippen molar-refractivity contribution in [2.45, 2.75) is 20.8 Å². The molecule has 0 bridgehead atoms. The summed E-state index contributed by atoms with van der Waals surface area (Å²) in [7, 11) is 0. The van der Waals surface area contributed by atoms with Gasteiger partial charge in [-0.2, -0.15) is 14.9 Å². The van der Waals surface area contributed by atoms with Crippen molar-refractivity contribution in [1.29, 1.82) is 0 Å². The molecule has 1 aromatic carbocycles. The van der Waals surface area contributed by atoms with Crippen molar-refractivity contribution >= 4 is 34.4 Å². The van der Waals surface area contributed by atoms with Gasteiger partial charge in [0.15, 0.2) is 23.0 Å². The van der Waals surface area contributed by atoms with Gasteiger partial charge in [-0.05, 0) is 44.2 Å². The van der Waals surface area contributed by atoms with E-state index in [0.717, 1.165) is 5.56 Å². The highest BCUT2D eigenvalue weighted by Crippen LogP contribution is 2.35. The van der Waals surface area contributed by atoms with Crippen molar-refractivity contribution in [2.75, 3.05) is 5.32 Å². The number of benzene rings is 1. The maximum Gasteiger partial charge on any atom is 0.255 e. The fourth-order valence-electron chi connectivity index (χ4n) is 3.45. The topological polar surface area (TPSA) is 148 Å². The summed E-state index contributed by atoms with van der Waals surface area (Å²) >= 11 is 0. The first-order valence-electron chi connectivity index (χ1n) is 10.4. The standard InChI is InChI=1S/C22H18N12O/c1-12-17(23-4)21(33(30-12)22-24-10-5-11-25-22)29-28-18-13(2)31-34-20(18)27-19(32-34)15-6-8-16(9-7-15)26-14(3)35/h5-11H,1-3H3,(H,26,35)(H,27,32)/b29-28+. The molecule has 4 aromatic heterocycles. The van der Waals surface area contributed by atoms with E-state index in [4.69, 9.17) is 6.57 Å². The number of fused-ring (bicyclic) bond motifs is 1. The largest absolute Gasteiger partial charge is 0.326 e. The van der Waals surface area contributed by atoms with Gasteiger partial charge >= 0.3 is 0 Å². The molecule has 13 heteroatoms. The number of hydrogen-bond donors (Lipinski definition) is 2. The van der Waals surface area contributed by atoms with Crippen molar-refractivity contribution in [3.8, 4) is 17.3 Å². The third-order valence-corrected chi connectivity index (χ3v) is 5.03. The minimum absolute atomic E-state index is 0.142. The number of aromatic nitrogens is 8. The van der Waals surface area contributed by atoms with E-state index in [2.05, 4.69) is 50.6 Å². The minimum Gasteiger partial charge on any atom is -0.326 e. The maximum atomic E-state index is 11.2. The Kier molecular flexibility index (Phi) is 5.30. The first-order valence-corrected chi connectivity index (χ1v) is 10.4. The van der Waals surface area contributed by atoms with Crippen molar-refractivity contribution in [3.63, 3.8) is 0 Å². The smallest absolute Gasteiger partial charge is 0.255 e. The highest BCUT2D eigenvalue weighted by molar-refractivity contribution is 5.88. The predicted octanol–water partition coefficient (Wildman–Crippen LogP) is 4.24. The van der Waals surface area contributed by atoms with Gasteiger partial charge in [-0.1, -0.05) is 0 Å². The molecule has 0 aliphatic heterocycles. The number of nitrogens with zero attached hydrogens (tertiary/aromatic N) is 10. The van der Waals surface area contributed by atoms with Crippen LogP contribution in [-0.2, 0) is 4.79 Å². The van der Waals surface area contributed by atoms with Gasteiger partial charge in [0.1, 0.15) is 0 Å². The summed E-state index contributed by atoms with van der Waals surface area (Å²) in [5, 5.41) is 24.7. The Bertz CT molecular complexity index is 1620. The molecule has 0 fully saturated rings. The van der Waals surface area contributed by atoms with Crippen LogP contribution in [0.2, 0.25) is 0 Å². The third-order valence-electron chi connectivity index (χ3n) is 5.03. The predicted molar refractivity (Wildman–Crippen MR) is 126 cm³/mol. The number of carbonyl (C=O) groups is 1. The Morgan fingerprint density at radius 1 is 1.06 bits per heavy atom. The molecule has 4 heterocycles. The molecule has 5 aromatic rings. The second-order valence-electron chi connectivity index (χ2n) is 7.53. The molecule has 35 heavy (non-hydrogen) atoms. The number of azo groups is 1. The number of anilines is 1. The summed E-state index contributed by atoms with van der Waals surface area (Å²) in [6.07, 6.45) is 3.16. The third kappa shape index (κ3) is 4.00. The Balaban J connectivity index is 1.53. The second-order valence-corrected chi connectivity index (χ2v) is 7.53. The van der Waals surface area contributed by atoms with Crippen LogP contribution in [0.3, 0.4) is 0 Å². The van der Waals surface area contributed by atoms with Crippen molar-refractivity contribution < 1.29 is 4.79 Å². The van der Waals surface area contributed by atoms with Crippen LogP contribution >= 0.6 is 0 Å². The zero-order valence-electron chi connectivity index (χ0n) is 18.9. The fourth-order valence-corrected chi connectivity index (χ4v) is 3.45. The molecule has 0 aliphatic carbocycles. The molecule has 172 valence electrons. The van der Waals surface area contributed by atoms with Crippen LogP contribution in [0.15, 0.2) is 53.0 Å². The number of amides is 1. The van der Waals surface area contributed by atoms with Crippen LogP contribution in [0.25, 0.3) is 27.8 Å². The summed E-state index contributed by atoms with van der Waals surface area (Å²) < 4.78 is 2.83. The minimum atomic E-state index is -0.142.